The number of nitrogens with one attached hydrogen (secondary N) is 3. The van der Waals surface area contributed by atoms with E-state index >= 15 is 0 Å². The van der Waals surface area contributed by atoms with E-state index in [9.17, 15) is 29.4 Å². The van der Waals surface area contributed by atoms with Gasteiger partial charge in [-0.05, 0) is 50.5 Å². The number of unbranched alkanes of at least 4 members (excludes halogenated alkanes) is 24. The zero-order valence-corrected chi connectivity index (χ0v) is 43.1. The first-order valence-electron chi connectivity index (χ1n) is 27.7. The van der Waals surface area contributed by atoms with Crippen LogP contribution in [0.3, 0.4) is 0 Å². The molecule has 11 heteroatoms. The molecule has 0 heterocycles. The van der Waals surface area contributed by atoms with Gasteiger partial charge < -0.3 is 35.6 Å². The maximum absolute atomic E-state index is 13.4. The number of benzene rings is 1. The lowest BCUT2D eigenvalue weighted by Gasteiger charge is -2.22. The van der Waals surface area contributed by atoms with Crippen LogP contribution in [-0.2, 0) is 35.3 Å². The summed E-state index contributed by atoms with van der Waals surface area (Å²) in [6.45, 7) is 6.86. The fourth-order valence-corrected chi connectivity index (χ4v) is 8.67. The Hall–Kier alpha value is -3.02. The van der Waals surface area contributed by atoms with Crippen LogP contribution in [0.25, 0.3) is 0 Å². The second-order valence-electron chi connectivity index (χ2n) is 19.3. The van der Waals surface area contributed by atoms with Crippen LogP contribution in [0.4, 0.5) is 0 Å². The Morgan fingerprint density at radius 1 is 0.522 bits per heavy atom. The molecule has 67 heavy (non-hydrogen) atoms. The second kappa shape index (κ2) is 45.4. The first kappa shape index (κ1) is 62.0. The molecule has 0 radical (unpaired) electrons. The SMILES string of the molecule is CCCCCCCCCCCC(=O)O[C@H](CCCCCCCCCCC)CC(=O)N[C@@H](CCO)C(=O)NCCC[C@H](CO)NC(=O)C[C@@H](CCCCCCCCCCC)OCc1ccccc1. The van der Waals surface area contributed by atoms with E-state index in [1.807, 2.05) is 30.3 Å². The molecule has 0 aromatic heterocycles. The number of hydrogen-bond donors (Lipinski definition) is 5. The van der Waals surface area contributed by atoms with E-state index < -0.39 is 30.0 Å². The van der Waals surface area contributed by atoms with Crippen molar-refractivity contribution in [2.75, 3.05) is 19.8 Å². The van der Waals surface area contributed by atoms with E-state index in [2.05, 4.69) is 36.7 Å². The monoisotopic (exact) mass is 944 g/mol. The van der Waals surface area contributed by atoms with Crippen LogP contribution >= 0.6 is 0 Å². The normalized spacial score (nSPS) is 13.1. The van der Waals surface area contributed by atoms with Gasteiger partial charge in [-0.1, -0.05) is 212 Å². The van der Waals surface area contributed by atoms with Crippen molar-refractivity contribution in [2.24, 2.45) is 0 Å². The molecule has 0 aliphatic rings. The van der Waals surface area contributed by atoms with E-state index in [4.69, 9.17) is 9.47 Å². The maximum atomic E-state index is 13.4. The predicted octanol–water partition coefficient (Wildman–Crippen LogP) is 12.3. The van der Waals surface area contributed by atoms with Crippen LogP contribution in [-0.4, -0.2) is 78.0 Å². The van der Waals surface area contributed by atoms with Gasteiger partial charge in [0.15, 0.2) is 0 Å². The summed E-state index contributed by atoms with van der Waals surface area (Å²) in [5, 5.41) is 28.5. The summed E-state index contributed by atoms with van der Waals surface area (Å²) in [5.74, 6) is -1.26. The average Bonchev–Trinajstić information content (AvgIpc) is 3.32. The van der Waals surface area contributed by atoms with E-state index in [0.717, 1.165) is 63.4 Å². The zero-order valence-electron chi connectivity index (χ0n) is 43.1. The lowest BCUT2D eigenvalue weighted by atomic mass is 10.0. The van der Waals surface area contributed by atoms with Gasteiger partial charge in [0, 0.05) is 19.6 Å². The Morgan fingerprint density at radius 3 is 1.49 bits per heavy atom. The number of carbonyl (C=O) groups excluding carboxylic acids is 4. The van der Waals surface area contributed by atoms with Gasteiger partial charge in [0.25, 0.3) is 0 Å². The fraction of sp³-hybridized carbons (Fsp3) is 0.821. The number of rotatable bonds is 48. The molecule has 11 nitrogen and oxygen atoms in total. The molecule has 388 valence electrons. The third-order valence-corrected chi connectivity index (χ3v) is 12.9. The van der Waals surface area contributed by atoms with Crippen LogP contribution in [0.2, 0.25) is 0 Å². The van der Waals surface area contributed by atoms with Gasteiger partial charge in [-0.25, -0.2) is 0 Å². The standard InChI is InChI=1S/C56H101N3O8/c1-4-7-10-13-16-19-22-25-31-38-50(66-47-48-35-29-28-30-36-48)44-53(62)58-49(46-61)37-34-42-57-56(65)52(41-43-60)59-54(63)45-51(39-32-26-23-20-17-14-11-8-5-2)67-55(64)40-33-27-24-21-18-15-12-9-6-3/h28-30,35-36,49-52,60-61H,4-27,31-34,37-47H2,1-3H3,(H,57,65)(H,58,62)(H,59,63)/t49-,50-,51-,52+/m1/s1. The quantitative estimate of drug-likeness (QED) is 0.0318. The highest BCUT2D eigenvalue weighted by molar-refractivity contribution is 5.87. The van der Waals surface area contributed by atoms with Crippen molar-refractivity contribution in [1.82, 2.24) is 16.0 Å². The van der Waals surface area contributed by atoms with E-state index in [1.54, 1.807) is 0 Å². The Bertz CT molecular complexity index is 1320. The second-order valence-corrected chi connectivity index (χ2v) is 19.3. The van der Waals surface area contributed by atoms with Crippen molar-refractivity contribution in [1.29, 1.82) is 0 Å². The summed E-state index contributed by atoms with van der Waals surface area (Å²) in [7, 11) is 0. The number of carbonyl (C=O) groups is 4. The average molecular weight is 944 g/mol. The van der Waals surface area contributed by atoms with Crippen LogP contribution in [0, 0.1) is 0 Å². The van der Waals surface area contributed by atoms with E-state index in [1.165, 1.54) is 122 Å². The Labute approximate surface area is 409 Å². The third-order valence-electron chi connectivity index (χ3n) is 12.9. The highest BCUT2D eigenvalue weighted by Crippen LogP contribution is 2.19. The minimum atomic E-state index is -0.949. The van der Waals surface area contributed by atoms with Gasteiger partial charge in [-0.2, -0.15) is 0 Å². The van der Waals surface area contributed by atoms with Crippen molar-refractivity contribution >= 4 is 23.7 Å². The molecule has 0 saturated heterocycles. The number of amides is 3. The molecule has 0 unspecified atom stereocenters. The van der Waals surface area contributed by atoms with Gasteiger partial charge in [0.2, 0.25) is 17.7 Å². The van der Waals surface area contributed by atoms with Crippen LogP contribution in [0.15, 0.2) is 30.3 Å². The molecule has 1 aromatic carbocycles. The molecular weight excluding hydrogens is 843 g/mol. The predicted molar refractivity (Wildman–Crippen MR) is 275 cm³/mol. The fourth-order valence-electron chi connectivity index (χ4n) is 8.67. The number of ether oxygens (including phenoxy) is 2. The van der Waals surface area contributed by atoms with Crippen molar-refractivity contribution < 1.29 is 38.9 Å². The maximum Gasteiger partial charge on any atom is 0.306 e. The molecule has 0 aliphatic heterocycles. The van der Waals surface area contributed by atoms with Gasteiger partial charge in [-0.15, -0.1) is 0 Å². The van der Waals surface area contributed by atoms with E-state index in [-0.39, 0.29) is 57.0 Å². The molecule has 5 N–H and O–H groups in total. The first-order chi connectivity index (χ1) is 32.8. The van der Waals surface area contributed by atoms with Crippen LogP contribution < -0.4 is 16.0 Å². The van der Waals surface area contributed by atoms with Gasteiger partial charge in [-0.3, -0.25) is 19.2 Å². The molecule has 0 spiro atoms. The molecule has 1 rings (SSSR count). The Balaban J connectivity index is 2.63. The summed E-state index contributed by atoms with van der Waals surface area (Å²) >= 11 is 0. The van der Waals surface area contributed by atoms with Crippen LogP contribution in [0.1, 0.15) is 251 Å². The molecule has 0 saturated carbocycles. The lowest BCUT2D eigenvalue weighted by molar-refractivity contribution is -0.151. The first-order valence-corrected chi connectivity index (χ1v) is 27.7. The summed E-state index contributed by atoms with van der Waals surface area (Å²) in [4.78, 5) is 52.8. The summed E-state index contributed by atoms with van der Waals surface area (Å²) in [5.41, 5.74) is 1.06. The molecule has 0 bridgehead atoms. The Morgan fingerprint density at radius 2 is 0.985 bits per heavy atom. The Kier molecular flexibility index (Phi) is 42.0. The lowest BCUT2D eigenvalue weighted by Crippen LogP contribution is -2.48. The zero-order chi connectivity index (χ0) is 48.8. The van der Waals surface area contributed by atoms with Crippen molar-refractivity contribution in [2.45, 2.75) is 276 Å². The molecule has 0 fully saturated rings. The number of aliphatic hydroxyl groups excluding tert-OH is 2. The number of aliphatic hydroxyl groups is 2. The molecule has 3 amide bonds. The summed E-state index contributed by atoms with van der Waals surface area (Å²) in [6.07, 6.45) is 34.0. The molecule has 1 aromatic rings. The largest absolute Gasteiger partial charge is 0.462 e. The van der Waals surface area contributed by atoms with Gasteiger partial charge in [0.1, 0.15) is 12.1 Å². The molecule has 4 atom stereocenters. The van der Waals surface area contributed by atoms with Crippen LogP contribution in [0.5, 0.6) is 0 Å². The molecule has 0 aliphatic carbocycles. The highest BCUT2D eigenvalue weighted by Gasteiger charge is 2.24. The van der Waals surface area contributed by atoms with Crippen molar-refractivity contribution in [3.8, 4) is 0 Å². The van der Waals surface area contributed by atoms with Gasteiger partial charge >= 0.3 is 5.97 Å². The minimum absolute atomic E-state index is 0.0368. The topological polar surface area (TPSA) is 163 Å². The van der Waals surface area contributed by atoms with E-state index in [0.29, 0.717) is 32.3 Å². The van der Waals surface area contributed by atoms with Gasteiger partial charge in [0.05, 0.1) is 38.2 Å². The molecular formula is C56H101N3O8. The summed E-state index contributed by atoms with van der Waals surface area (Å²) < 4.78 is 12.2. The minimum Gasteiger partial charge on any atom is -0.462 e. The third kappa shape index (κ3) is 37.5. The van der Waals surface area contributed by atoms with Crippen molar-refractivity contribution in [3.63, 3.8) is 0 Å². The number of esters is 1. The number of hydrogen-bond acceptors (Lipinski definition) is 8. The summed E-state index contributed by atoms with van der Waals surface area (Å²) in [6, 6.07) is 8.54. The highest BCUT2D eigenvalue weighted by atomic mass is 16.5. The van der Waals surface area contributed by atoms with Crippen molar-refractivity contribution in [3.05, 3.63) is 35.9 Å². The smallest absolute Gasteiger partial charge is 0.306 e.